The number of hydrogen-bond donors (Lipinski definition) is 1. The highest BCUT2D eigenvalue weighted by Gasteiger charge is 2.27. The summed E-state index contributed by atoms with van der Waals surface area (Å²) in [6.07, 6.45) is 0. The fourth-order valence-electron chi connectivity index (χ4n) is 3.60. The molecular weight excluding hydrogens is 414 g/mol. The first kappa shape index (κ1) is 20.4. The van der Waals surface area contributed by atoms with E-state index in [9.17, 15) is 8.42 Å². The lowest BCUT2D eigenvalue weighted by molar-refractivity contribution is 0.112. The summed E-state index contributed by atoms with van der Waals surface area (Å²) in [6, 6.07) is 11.9. The Kier molecular flexibility index (Phi) is 5.98. The Morgan fingerprint density at radius 1 is 1.03 bits per heavy atom. The molecule has 2 aromatic rings. The van der Waals surface area contributed by atoms with Gasteiger partial charge in [0.15, 0.2) is 11.5 Å². The predicted octanol–water partition coefficient (Wildman–Crippen LogP) is 2.34. The van der Waals surface area contributed by atoms with E-state index in [1.54, 1.807) is 12.1 Å². The molecule has 0 spiro atoms. The zero-order valence-corrected chi connectivity index (χ0v) is 17.7. The minimum Gasteiger partial charge on any atom is -0.454 e. The van der Waals surface area contributed by atoms with E-state index < -0.39 is 10.0 Å². The van der Waals surface area contributed by atoms with Crippen LogP contribution in [0.4, 0.5) is 0 Å². The third kappa shape index (κ3) is 4.67. The van der Waals surface area contributed by atoms with E-state index in [1.807, 2.05) is 18.2 Å². The average molecular weight is 438 g/mol. The molecule has 0 bridgehead atoms. The van der Waals surface area contributed by atoms with Crippen molar-refractivity contribution in [1.82, 2.24) is 14.5 Å². The number of nitrogens with one attached hydrogen (secondary N) is 1. The van der Waals surface area contributed by atoms with E-state index >= 15 is 0 Å². The second-order valence-electron chi connectivity index (χ2n) is 7.27. The minimum absolute atomic E-state index is 0.111. The summed E-state index contributed by atoms with van der Waals surface area (Å²) in [4.78, 5) is 4.78. The van der Waals surface area contributed by atoms with Gasteiger partial charge in [-0.15, -0.1) is 0 Å². The highest BCUT2D eigenvalue weighted by atomic mass is 35.5. The molecule has 0 radical (unpaired) electrons. The Hall–Kier alpha value is -1.84. The number of ether oxygens (including phenoxy) is 2. The lowest BCUT2D eigenvalue weighted by Gasteiger charge is -2.38. The zero-order chi connectivity index (χ0) is 20.4. The monoisotopic (exact) mass is 437 g/mol. The van der Waals surface area contributed by atoms with Crippen LogP contribution in [-0.2, 0) is 10.0 Å². The van der Waals surface area contributed by atoms with Crippen LogP contribution >= 0.6 is 11.6 Å². The summed E-state index contributed by atoms with van der Waals surface area (Å²) in [5.74, 6) is 1.41. The van der Waals surface area contributed by atoms with Crippen LogP contribution in [-0.4, -0.2) is 64.8 Å². The summed E-state index contributed by atoms with van der Waals surface area (Å²) < 4.78 is 39.3. The maximum atomic E-state index is 12.8. The van der Waals surface area contributed by atoms with E-state index in [-0.39, 0.29) is 24.3 Å². The van der Waals surface area contributed by atoms with Crippen molar-refractivity contribution in [3.05, 3.63) is 53.1 Å². The maximum absolute atomic E-state index is 12.8. The molecule has 1 saturated heterocycles. The molecular formula is C20H24ClN3O4S. The first-order valence-electron chi connectivity index (χ1n) is 9.50. The number of hydrogen-bond acceptors (Lipinski definition) is 6. The Morgan fingerprint density at radius 3 is 2.45 bits per heavy atom. The largest absolute Gasteiger partial charge is 0.454 e. The van der Waals surface area contributed by atoms with Gasteiger partial charge in [-0.1, -0.05) is 17.7 Å². The molecule has 7 nitrogen and oxygen atoms in total. The van der Waals surface area contributed by atoms with Crippen LogP contribution in [0.1, 0.15) is 11.6 Å². The van der Waals surface area contributed by atoms with E-state index in [1.165, 1.54) is 12.1 Å². The quantitative estimate of drug-likeness (QED) is 0.748. The van der Waals surface area contributed by atoms with Crippen molar-refractivity contribution in [3.8, 4) is 11.5 Å². The van der Waals surface area contributed by atoms with Gasteiger partial charge in [0.25, 0.3) is 0 Å². The third-order valence-electron chi connectivity index (χ3n) is 5.35. The molecule has 4 rings (SSSR count). The van der Waals surface area contributed by atoms with Crippen LogP contribution in [0.25, 0.3) is 0 Å². The Morgan fingerprint density at radius 2 is 1.72 bits per heavy atom. The Bertz CT molecular complexity index is 960. The molecule has 2 heterocycles. The number of rotatable bonds is 6. The van der Waals surface area contributed by atoms with Gasteiger partial charge in [-0.2, -0.15) is 0 Å². The molecule has 156 valence electrons. The molecule has 2 aromatic carbocycles. The number of sulfonamides is 1. The van der Waals surface area contributed by atoms with Gasteiger partial charge in [-0.25, -0.2) is 13.1 Å². The van der Waals surface area contributed by atoms with Crippen LogP contribution in [0.5, 0.6) is 11.5 Å². The van der Waals surface area contributed by atoms with Crippen LogP contribution in [0.3, 0.4) is 0 Å². The number of fused-ring (bicyclic) bond motifs is 1. The standard InChI is InChI=1S/C20H24ClN3O4S/c1-23-8-10-24(11-9-23)18(15-2-7-19-20(12-15)28-14-27-19)13-22-29(25,26)17-5-3-16(21)4-6-17/h2-7,12,18,22H,8-11,13-14H2,1H3/t18-/m1/s1. The number of likely N-dealkylation sites (N-methyl/N-ethyl adjacent to an activating group) is 1. The van der Waals surface area contributed by atoms with Gasteiger partial charge >= 0.3 is 0 Å². The Balaban J connectivity index is 1.56. The second kappa shape index (κ2) is 8.49. The van der Waals surface area contributed by atoms with Crippen molar-refractivity contribution in [1.29, 1.82) is 0 Å². The number of benzene rings is 2. The maximum Gasteiger partial charge on any atom is 0.240 e. The van der Waals surface area contributed by atoms with Gasteiger partial charge in [0, 0.05) is 43.8 Å². The molecule has 9 heteroatoms. The van der Waals surface area contributed by atoms with Crippen LogP contribution in [0.2, 0.25) is 5.02 Å². The molecule has 0 saturated carbocycles. The smallest absolute Gasteiger partial charge is 0.240 e. The molecule has 2 aliphatic rings. The van der Waals surface area contributed by atoms with Gasteiger partial charge in [-0.05, 0) is 49.0 Å². The summed E-state index contributed by atoms with van der Waals surface area (Å²) in [5, 5.41) is 0.500. The van der Waals surface area contributed by atoms with E-state index in [0.717, 1.165) is 31.7 Å². The molecule has 0 aromatic heterocycles. The normalized spacial score (nSPS) is 18.7. The fraction of sp³-hybridized carbons (Fsp3) is 0.400. The van der Waals surface area contributed by atoms with Gasteiger partial charge in [-0.3, -0.25) is 4.90 Å². The molecule has 29 heavy (non-hydrogen) atoms. The highest BCUT2D eigenvalue weighted by Crippen LogP contribution is 2.35. The first-order valence-corrected chi connectivity index (χ1v) is 11.4. The van der Waals surface area contributed by atoms with Gasteiger partial charge < -0.3 is 14.4 Å². The number of halogens is 1. The minimum atomic E-state index is -3.64. The molecule has 1 N–H and O–H groups in total. The lowest BCUT2D eigenvalue weighted by Crippen LogP contribution is -2.48. The van der Waals surface area contributed by atoms with Gasteiger partial charge in [0.05, 0.1) is 4.90 Å². The average Bonchev–Trinajstić information content (AvgIpc) is 3.18. The van der Waals surface area contributed by atoms with Crippen molar-refractivity contribution in [2.75, 3.05) is 46.6 Å². The highest BCUT2D eigenvalue weighted by molar-refractivity contribution is 7.89. The van der Waals surface area contributed by atoms with Crippen molar-refractivity contribution < 1.29 is 17.9 Å². The zero-order valence-electron chi connectivity index (χ0n) is 16.2. The van der Waals surface area contributed by atoms with Crippen molar-refractivity contribution in [2.45, 2.75) is 10.9 Å². The van der Waals surface area contributed by atoms with Crippen molar-refractivity contribution in [3.63, 3.8) is 0 Å². The van der Waals surface area contributed by atoms with Crippen molar-refractivity contribution in [2.24, 2.45) is 0 Å². The number of piperazine rings is 1. The molecule has 0 amide bonds. The third-order valence-corrected chi connectivity index (χ3v) is 7.04. The molecule has 1 fully saturated rings. The summed E-state index contributed by atoms with van der Waals surface area (Å²) >= 11 is 5.88. The summed E-state index contributed by atoms with van der Waals surface area (Å²) in [6.45, 7) is 4.06. The Labute approximate surface area is 176 Å². The van der Waals surface area contributed by atoms with E-state index in [0.29, 0.717) is 16.5 Å². The summed E-state index contributed by atoms with van der Waals surface area (Å²) in [5.41, 5.74) is 0.998. The van der Waals surface area contributed by atoms with Crippen molar-refractivity contribution >= 4 is 21.6 Å². The predicted molar refractivity (Wildman–Crippen MR) is 111 cm³/mol. The fourth-order valence-corrected chi connectivity index (χ4v) is 4.76. The molecule has 0 unspecified atom stereocenters. The SMILES string of the molecule is CN1CCN([C@H](CNS(=O)(=O)c2ccc(Cl)cc2)c2ccc3c(c2)OCO3)CC1. The van der Waals surface area contributed by atoms with Crippen LogP contribution < -0.4 is 14.2 Å². The topological polar surface area (TPSA) is 71.1 Å². The van der Waals surface area contributed by atoms with Crippen LogP contribution in [0.15, 0.2) is 47.4 Å². The lowest BCUT2D eigenvalue weighted by atomic mass is 10.0. The van der Waals surface area contributed by atoms with Crippen LogP contribution in [0, 0.1) is 0 Å². The van der Waals surface area contributed by atoms with E-state index in [2.05, 4.69) is 21.6 Å². The molecule has 1 atom stereocenters. The van der Waals surface area contributed by atoms with Gasteiger partial charge in [0.2, 0.25) is 16.8 Å². The van der Waals surface area contributed by atoms with Gasteiger partial charge in [0.1, 0.15) is 0 Å². The molecule has 0 aliphatic carbocycles. The van der Waals surface area contributed by atoms with E-state index in [4.69, 9.17) is 21.1 Å². The second-order valence-corrected chi connectivity index (χ2v) is 9.48. The first-order chi connectivity index (χ1) is 13.9. The summed E-state index contributed by atoms with van der Waals surface area (Å²) in [7, 11) is -1.55. The molecule has 2 aliphatic heterocycles. The number of nitrogens with zero attached hydrogens (tertiary/aromatic N) is 2.